The number of aromatic nitrogens is 1. The average Bonchev–Trinajstić information content (AvgIpc) is 3.34. The van der Waals surface area contributed by atoms with Crippen LogP contribution >= 0.6 is 23.2 Å². The van der Waals surface area contributed by atoms with Crippen molar-refractivity contribution < 1.29 is 14.4 Å². The number of imide groups is 1. The van der Waals surface area contributed by atoms with Gasteiger partial charge in [0.1, 0.15) is 0 Å². The van der Waals surface area contributed by atoms with E-state index in [4.69, 9.17) is 23.2 Å². The Bertz CT molecular complexity index is 1300. The standard InChI is InChI=1S/C26H24Cl2N4O3/c1-29-11-12-31(24(33)16-29)23-15-30(14-21(23)18-8-7-17(27)13-22(18)28)9-4-10-32-25(34)19-5-2-3-6-20(19)26(32)35/h2-3,5-8,13-15H,4,9-12,16H2,1H3. The molecule has 3 heterocycles. The summed E-state index contributed by atoms with van der Waals surface area (Å²) in [4.78, 5) is 43.2. The summed E-state index contributed by atoms with van der Waals surface area (Å²) in [5.74, 6) is -0.486. The summed E-state index contributed by atoms with van der Waals surface area (Å²) < 4.78 is 1.99. The van der Waals surface area contributed by atoms with Crippen LogP contribution in [0.4, 0.5) is 5.69 Å². The number of piperazine rings is 1. The number of anilines is 1. The average molecular weight is 511 g/mol. The van der Waals surface area contributed by atoms with E-state index < -0.39 is 0 Å². The molecule has 1 fully saturated rings. The predicted molar refractivity (Wildman–Crippen MR) is 136 cm³/mol. The Labute approximate surface area is 213 Å². The number of rotatable bonds is 6. The molecule has 35 heavy (non-hydrogen) atoms. The molecule has 180 valence electrons. The number of halogens is 2. The fourth-order valence-electron chi connectivity index (χ4n) is 4.65. The molecular weight excluding hydrogens is 487 g/mol. The van der Waals surface area contributed by atoms with Crippen molar-refractivity contribution in [3.63, 3.8) is 0 Å². The minimum absolute atomic E-state index is 0.0221. The Hall–Kier alpha value is -3.13. The van der Waals surface area contributed by atoms with Crippen LogP contribution in [0.15, 0.2) is 54.9 Å². The SMILES string of the molecule is CN1CCN(c2cn(CCCN3C(=O)c4ccccc4C3=O)cc2-c2ccc(Cl)cc2Cl)C(=O)C1. The van der Waals surface area contributed by atoms with E-state index >= 15 is 0 Å². The first-order valence-corrected chi connectivity index (χ1v) is 12.2. The van der Waals surface area contributed by atoms with E-state index in [0.29, 0.717) is 53.8 Å². The summed E-state index contributed by atoms with van der Waals surface area (Å²) >= 11 is 12.6. The summed E-state index contributed by atoms with van der Waals surface area (Å²) in [6.45, 7) is 2.56. The normalized spacial score (nSPS) is 16.4. The minimum Gasteiger partial charge on any atom is -0.351 e. The maximum Gasteiger partial charge on any atom is 0.261 e. The smallest absolute Gasteiger partial charge is 0.261 e. The predicted octanol–water partition coefficient (Wildman–Crippen LogP) is 4.43. The van der Waals surface area contributed by atoms with Crippen molar-refractivity contribution in [3.05, 3.63) is 76.0 Å². The van der Waals surface area contributed by atoms with Crippen molar-refractivity contribution in [1.29, 1.82) is 0 Å². The third-order valence-corrected chi connectivity index (χ3v) is 7.01. The molecule has 1 aromatic heterocycles. The zero-order chi connectivity index (χ0) is 24.7. The molecule has 2 aliphatic rings. The number of aryl methyl sites for hydroxylation is 1. The Morgan fingerprint density at radius 2 is 1.54 bits per heavy atom. The fraction of sp³-hybridized carbons (Fsp3) is 0.269. The molecule has 1 saturated heterocycles. The van der Waals surface area contributed by atoms with Gasteiger partial charge in [-0.05, 0) is 37.7 Å². The Balaban J connectivity index is 1.38. The number of nitrogens with zero attached hydrogens (tertiary/aromatic N) is 4. The lowest BCUT2D eigenvalue weighted by atomic mass is 10.1. The second kappa shape index (κ2) is 9.49. The Morgan fingerprint density at radius 3 is 2.20 bits per heavy atom. The summed E-state index contributed by atoms with van der Waals surface area (Å²) in [5.41, 5.74) is 3.32. The summed E-state index contributed by atoms with van der Waals surface area (Å²) in [5, 5.41) is 1.04. The van der Waals surface area contributed by atoms with E-state index in [-0.39, 0.29) is 17.7 Å². The molecule has 3 aromatic rings. The third-order valence-electron chi connectivity index (χ3n) is 6.46. The molecule has 0 radical (unpaired) electrons. The summed E-state index contributed by atoms with van der Waals surface area (Å²) in [6.07, 6.45) is 4.47. The second-order valence-corrected chi connectivity index (χ2v) is 9.71. The van der Waals surface area contributed by atoms with E-state index in [1.165, 1.54) is 4.90 Å². The number of hydrogen-bond donors (Lipinski definition) is 0. The quantitative estimate of drug-likeness (QED) is 0.460. The van der Waals surface area contributed by atoms with E-state index in [1.54, 1.807) is 41.3 Å². The topological polar surface area (TPSA) is 65.9 Å². The number of likely N-dealkylation sites (N-methyl/N-ethyl adjacent to an activating group) is 1. The Kier molecular flexibility index (Phi) is 6.40. The highest BCUT2D eigenvalue weighted by Crippen LogP contribution is 2.38. The van der Waals surface area contributed by atoms with Crippen molar-refractivity contribution in [2.75, 3.05) is 38.1 Å². The Morgan fingerprint density at radius 1 is 0.829 bits per heavy atom. The van der Waals surface area contributed by atoms with E-state index in [2.05, 4.69) is 0 Å². The molecule has 0 N–H and O–H groups in total. The van der Waals surface area contributed by atoms with Crippen LogP contribution in [0.3, 0.4) is 0 Å². The maximum absolute atomic E-state index is 12.8. The van der Waals surface area contributed by atoms with Gasteiger partial charge in [-0.3, -0.25) is 24.2 Å². The first-order valence-electron chi connectivity index (χ1n) is 11.4. The van der Waals surface area contributed by atoms with Gasteiger partial charge in [-0.1, -0.05) is 41.4 Å². The second-order valence-electron chi connectivity index (χ2n) is 8.86. The number of carbonyl (C=O) groups is 3. The first kappa shape index (κ1) is 23.6. The molecule has 2 aromatic carbocycles. The zero-order valence-electron chi connectivity index (χ0n) is 19.2. The third kappa shape index (κ3) is 4.47. The van der Waals surface area contributed by atoms with Crippen molar-refractivity contribution in [2.45, 2.75) is 13.0 Å². The molecule has 7 nitrogen and oxygen atoms in total. The van der Waals surface area contributed by atoms with Crippen LogP contribution < -0.4 is 4.90 Å². The molecule has 2 aliphatic heterocycles. The lowest BCUT2D eigenvalue weighted by Crippen LogP contribution is -2.49. The van der Waals surface area contributed by atoms with E-state index in [9.17, 15) is 14.4 Å². The van der Waals surface area contributed by atoms with Crippen molar-refractivity contribution in [1.82, 2.24) is 14.4 Å². The van der Waals surface area contributed by atoms with Gasteiger partial charge in [0.15, 0.2) is 0 Å². The number of carbonyl (C=O) groups excluding carboxylic acids is 3. The van der Waals surface area contributed by atoms with E-state index in [0.717, 1.165) is 23.4 Å². The number of fused-ring (bicyclic) bond motifs is 1. The van der Waals surface area contributed by atoms with Gasteiger partial charge in [0.2, 0.25) is 5.91 Å². The molecular formula is C26H24Cl2N4O3. The number of hydrogen-bond acceptors (Lipinski definition) is 4. The van der Waals surface area contributed by atoms with Crippen LogP contribution in [-0.4, -0.2) is 65.3 Å². The highest BCUT2D eigenvalue weighted by molar-refractivity contribution is 6.36. The van der Waals surface area contributed by atoms with Crippen LogP contribution in [0.5, 0.6) is 0 Å². The van der Waals surface area contributed by atoms with Gasteiger partial charge in [-0.25, -0.2) is 0 Å². The molecule has 0 spiro atoms. The van der Waals surface area contributed by atoms with Crippen LogP contribution in [0.2, 0.25) is 10.0 Å². The first-order chi connectivity index (χ1) is 16.8. The van der Waals surface area contributed by atoms with Crippen molar-refractivity contribution >= 4 is 46.6 Å². The molecule has 0 saturated carbocycles. The molecule has 0 unspecified atom stereocenters. The summed E-state index contributed by atoms with van der Waals surface area (Å²) in [6, 6.07) is 12.2. The fourth-order valence-corrected chi connectivity index (χ4v) is 5.16. The lowest BCUT2D eigenvalue weighted by molar-refractivity contribution is -0.120. The number of amides is 3. The molecule has 3 amide bonds. The molecule has 0 atom stereocenters. The molecule has 5 rings (SSSR count). The minimum atomic E-state index is -0.254. The highest BCUT2D eigenvalue weighted by atomic mass is 35.5. The van der Waals surface area contributed by atoms with Gasteiger partial charge >= 0.3 is 0 Å². The van der Waals surface area contributed by atoms with Gasteiger partial charge in [0.05, 0.1) is 28.4 Å². The molecule has 9 heteroatoms. The van der Waals surface area contributed by atoms with E-state index in [1.807, 2.05) is 35.0 Å². The van der Waals surface area contributed by atoms with Gasteiger partial charge in [-0.2, -0.15) is 0 Å². The van der Waals surface area contributed by atoms with Crippen LogP contribution in [-0.2, 0) is 11.3 Å². The highest BCUT2D eigenvalue weighted by Gasteiger charge is 2.34. The lowest BCUT2D eigenvalue weighted by Gasteiger charge is -2.32. The number of benzene rings is 2. The van der Waals surface area contributed by atoms with Crippen molar-refractivity contribution in [2.24, 2.45) is 0 Å². The van der Waals surface area contributed by atoms with Gasteiger partial charge < -0.3 is 9.47 Å². The van der Waals surface area contributed by atoms with Crippen LogP contribution in [0.1, 0.15) is 27.1 Å². The largest absolute Gasteiger partial charge is 0.351 e. The van der Waals surface area contributed by atoms with Gasteiger partial charge in [0.25, 0.3) is 11.8 Å². The van der Waals surface area contributed by atoms with Crippen LogP contribution in [0, 0.1) is 0 Å². The van der Waals surface area contributed by atoms with Gasteiger partial charge in [0, 0.05) is 54.7 Å². The van der Waals surface area contributed by atoms with Crippen LogP contribution in [0.25, 0.3) is 11.1 Å². The van der Waals surface area contributed by atoms with Crippen molar-refractivity contribution in [3.8, 4) is 11.1 Å². The maximum atomic E-state index is 12.8. The van der Waals surface area contributed by atoms with Gasteiger partial charge in [-0.15, -0.1) is 0 Å². The summed E-state index contributed by atoms with van der Waals surface area (Å²) in [7, 11) is 1.93. The monoisotopic (exact) mass is 510 g/mol. The molecule has 0 bridgehead atoms. The molecule has 0 aliphatic carbocycles. The zero-order valence-corrected chi connectivity index (χ0v) is 20.7.